The Kier molecular flexibility index (Phi) is 4.83. The van der Waals surface area contributed by atoms with Crippen molar-refractivity contribution in [2.24, 2.45) is 0 Å². The number of nitrogens with zero attached hydrogens (tertiary/aromatic N) is 1. The van der Waals surface area contributed by atoms with Gasteiger partial charge in [0.1, 0.15) is 0 Å². The summed E-state index contributed by atoms with van der Waals surface area (Å²) in [4.78, 5) is 24.3. The summed E-state index contributed by atoms with van der Waals surface area (Å²) in [5.74, 6) is 0.0804. The van der Waals surface area contributed by atoms with Gasteiger partial charge in [0, 0.05) is 44.4 Å². The largest absolute Gasteiger partial charge is 0.382 e. The highest BCUT2D eigenvalue weighted by atomic mass is 16.2. The monoisotopic (exact) mass is 289 g/mol. The van der Waals surface area contributed by atoms with E-state index in [1.165, 1.54) is 6.92 Å². The lowest BCUT2D eigenvalue weighted by atomic mass is 10.0. The van der Waals surface area contributed by atoms with E-state index in [1.807, 2.05) is 30.0 Å². The Morgan fingerprint density at radius 1 is 1.19 bits per heavy atom. The molecule has 0 atom stereocenters. The van der Waals surface area contributed by atoms with E-state index in [1.54, 1.807) is 6.92 Å². The van der Waals surface area contributed by atoms with Crippen molar-refractivity contribution >= 4 is 23.2 Å². The molecule has 1 aliphatic rings. The number of aryl methyl sites for hydroxylation is 1. The van der Waals surface area contributed by atoms with Gasteiger partial charge in [-0.15, -0.1) is 0 Å². The second kappa shape index (κ2) is 6.61. The van der Waals surface area contributed by atoms with Crippen LogP contribution in [0.5, 0.6) is 0 Å². The van der Waals surface area contributed by atoms with Gasteiger partial charge in [-0.2, -0.15) is 0 Å². The predicted molar refractivity (Wildman–Crippen MR) is 84.4 cm³/mol. The van der Waals surface area contributed by atoms with E-state index >= 15 is 0 Å². The molecule has 1 aromatic carbocycles. The standard InChI is InChI=1S/C16H23N3O2/c1-11-4-5-15(17-12(2)20)10-16(11)18-14-6-8-19(9-7-14)13(3)21/h4-5,10,14,18H,6-9H2,1-3H3,(H,17,20). The molecule has 1 aromatic rings. The van der Waals surface area contributed by atoms with Crippen LogP contribution in [0.4, 0.5) is 11.4 Å². The van der Waals surface area contributed by atoms with Gasteiger partial charge in [0.25, 0.3) is 0 Å². The van der Waals surface area contributed by atoms with Crippen molar-refractivity contribution in [2.45, 2.75) is 39.7 Å². The van der Waals surface area contributed by atoms with Crippen LogP contribution in [0.1, 0.15) is 32.3 Å². The molecule has 0 aromatic heterocycles. The van der Waals surface area contributed by atoms with Crippen molar-refractivity contribution in [3.05, 3.63) is 23.8 Å². The number of amides is 2. The molecule has 2 amide bonds. The number of likely N-dealkylation sites (tertiary alicyclic amines) is 1. The topological polar surface area (TPSA) is 61.4 Å². The second-order valence-corrected chi connectivity index (χ2v) is 5.64. The van der Waals surface area contributed by atoms with Crippen LogP contribution in [0, 0.1) is 6.92 Å². The zero-order valence-corrected chi connectivity index (χ0v) is 12.9. The molecule has 114 valence electrons. The smallest absolute Gasteiger partial charge is 0.221 e. The van der Waals surface area contributed by atoms with Crippen LogP contribution >= 0.6 is 0 Å². The molecule has 0 spiro atoms. The molecule has 0 radical (unpaired) electrons. The number of piperidine rings is 1. The number of benzene rings is 1. The molecule has 1 saturated heterocycles. The number of carbonyl (C=O) groups is 2. The summed E-state index contributed by atoms with van der Waals surface area (Å²) in [6, 6.07) is 6.24. The van der Waals surface area contributed by atoms with E-state index < -0.39 is 0 Å². The Morgan fingerprint density at radius 3 is 2.43 bits per heavy atom. The number of rotatable bonds is 3. The van der Waals surface area contributed by atoms with Gasteiger partial charge >= 0.3 is 0 Å². The van der Waals surface area contributed by atoms with Crippen LogP contribution in [-0.4, -0.2) is 35.8 Å². The number of hydrogen-bond acceptors (Lipinski definition) is 3. The maximum absolute atomic E-state index is 11.3. The van der Waals surface area contributed by atoms with Gasteiger partial charge in [0.15, 0.2) is 0 Å². The van der Waals surface area contributed by atoms with Crippen molar-refractivity contribution in [1.82, 2.24) is 4.90 Å². The Labute approximate surface area is 125 Å². The van der Waals surface area contributed by atoms with Gasteiger partial charge in [0.2, 0.25) is 11.8 Å². The van der Waals surface area contributed by atoms with E-state index in [0.29, 0.717) is 6.04 Å². The highest BCUT2D eigenvalue weighted by molar-refractivity contribution is 5.89. The van der Waals surface area contributed by atoms with Crippen molar-refractivity contribution in [3.63, 3.8) is 0 Å². The van der Waals surface area contributed by atoms with Gasteiger partial charge in [-0.25, -0.2) is 0 Å². The Hall–Kier alpha value is -2.04. The van der Waals surface area contributed by atoms with Crippen LogP contribution in [0.2, 0.25) is 0 Å². The minimum atomic E-state index is -0.0698. The molecule has 0 saturated carbocycles. The van der Waals surface area contributed by atoms with E-state index in [-0.39, 0.29) is 11.8 Å². The SMILES string of the molecule is CC(=O)Nc1ccc(C)c(NC2CCN(C(C)=O)CC2)c1. The predicted octanol–water partition coefficient (Wildman–Crippen LogP) is 2.38. The lowest BCUT2D eigenvalue weighted by Crippen LogP contribution is -2.41. The summed E-state index contributed by atoms with van der Waals surface area (Å²) in [6.07, 6.45) is 1.90. The maximum atomic E-state index is 11.3. The third-order valence-electron chi connectivity index (χ3n) is 3.86. The van der Waals surface area contributed by atoms with Crippen molar-refractivity contribution in [3.8, 4) is 0 Å². The molecule has 1 heterocycles. The van der Waals surface area contributed by atoms with Gasteiger partial charge in [-0.3, -0.25) is 9.59 Å². The maximum Gasteiger partial charge on any atom is 0.221 e. The molecule has 21 heavy (non-hydrogen) atoms. The first kappa shape index (κ1) is 15.4. The summed E-state index contributed by atoms with van der Waals surface area (Å²) >= 11 is 0. The summed E-state index contributed by atoms with van der Waals surface area (Å²) in [5, 5.41) is 6.33. The molecular weight excluding hydrogens is 266 g/mol. The Balaban J connectivity index is 1.99. The first-order valence-corrected chi connectivity index (χ1v) is 7.36. The van der Waals surface area contributed by atoms with Crippen LogP contribution in [-0.2, 0) is 9.59 Å². The zero-order chi connectivity index (χ0) is 15.4. The van der Waals surface area contributed by atoms with Crippen molar-refractivity contribution in [1.29, 1.82) is 0 Å². The van der Waals surface area contributed by atoms with Crippen LogP contribution < -0.4 is 10.6 Å². The highest BCUT2D eigenvalue weighted by Crippen LogP contribution is 2.23. The number of carbonyl (C=O) groups excluding carboxylic acids is 2. The van der Waals surface area contributed by atoms with E-state index in [2.05, 4.69) is 10.6 Å². The number of anilines is 2. The van der Waals surface area contributed by atoms with E-state index in [9.17, 15) is 9.59 Å². The first-order chi connectivity index (χ1) is 9.95. The molecule has 1 fully saturated rings. The first-order valence-electron chi connectivity index (χ1n) is 7.36. The number of nitrogens with one attached hydrogen (secondary N) is 2. The molecule has 0 bridgehead atoms. The lowest BCUT2D eigenvalue weighted by Gasteiger charge is -2.32. The minimum Gasteiger partial charge on any atom is -0.382 e. The second-order valence-electron chi connectivity index (χ2n) is 5.64. The fraction of sp³-hybridized carbons (Fsp3) is 0.500. The average molecular weight is 289 g/mol. The molecule has 5 nitrogen and oxygen atoms in total. The summed E-state index contributed by atoms with van der Waals surface area (Å²) < 4.78 is 0. The summed E-state index contributed by atoms with van der Waals surface area (Å²) in [7, 11) is 0. The zero-order valence-electron chi connectivity index (χ0n) is 12.9. The molecule has 0 aliphatic carbocycles. The Bertz CT molecular complexity index is 534. The molecule has 1 aliphatic heterocycles. The summed E-state index contributed by atoms with van der Waals surface area (Å²) in [6.45, 7) is 6.78. The van der Waals surface area contributed by atoms with E-state index in [4.69, 9.17) is 0 Å². The fourth-order valence-electron chi connectivity index (χ4n) is 2.62. The molecular formula is C16H23N3O2. The van der Waals surface area contributed by atoms with Crippen molar-refractivity contribution in [2.75, 3.05) is 23.7 Å². The molecule has 2 N–H and O–H groups in total. The molecule has 5 heteroatoms. The normalized spacial score (nSPS) is 15.7. The van der Waals surface area contributed by atoms with Crippen molar-refractivity contribution < 1.29 is 9.59 Å². The van der Waals surface area contributed by atoms with Crippen LogP contribution in [0.25, 0.3) is 0 Å². The lowest BCUT2D eigenvalue weighted by molar-refractivity contribution is -0.129. The molecule has 2 rings (SSSR count). The quantitative estimate of drug-likeness (QED) is 0.898. The van der Waals surface area contributed by atoms with Gasteiger partial charge < -0.3 is 15.5 Å². The number of hydrogen-bond donors (Lipinski definition) is 2. The van der Waals surface area contributed by atoms with E-state index in [0.717, 1.165) is 42.9 Å². The van der Waals surface area contributed by atoms with Gasteiger partial charge in [0.05, 0.1) is 0 Å². The third kappa shape index (κ3) is 4.21. The Morgan fingerprint density at radius 2 is 1.86 bits per heavy atom. The summed E-state index contributed by atoms with van der Waals surface area (Å²) in [5.41, 5.74) is 3.00. The third-order valence-corrected chi connectivity index (χ3v) is 3.86. The van der Waals surface area contributed by atoms with Crippen LogP contribution in [0.15, 0.2) is 18.2 Å². The fourth-order valence-corrected chi connectivity index (χ4v) is 2.62. The highest BCUT2D eigenvalue weighted by Gasteiger charge is 2.20. The minimum absolute atomic E-state index is 0.0698. The van der Waals surface area contributed by atoms with Gasteiger partial charge in [-0.05, 0) is 37.5 Å². The van der Waals surface area contributed by atoms with Crippen LogP contribution in [0.3, 0.4) is 0 Å². The average Bonchev–Trinajstić information content (AvgIpc) is 2.42. The molecule has 0 unspecified atom stereocenters. The van der Waals surface area contributed by atoms with Gasteiger partial charge in [-0.1, -0.05) is 6.07 Å².